The highest BCUT2D eigenvalue weighted by atomic mass is 19.1. The number of pyridine rings is 1. The van der Waals surface area contributed by atoms with Crippen LogP contribution in [0.2, 0.25) is 0 Å². The molecule has 0 atom stereocenters. The van der Waals surface area contributed by atoms with E-state index >= 15 is 0 Å². The Balaban J connectivity index is 1.41. The van der Waals surface area contributed by atoms with Gasteiger partial charge in [0.1, 0.15) is 22.4 Å². The smallest absolute Gasteiger partial charge is 0.410 e. The third-order valence-corrected chi connectivity index (χ3v) is 6.19. The number of benzene rings is 2. The number of carbonyl (C=O) groups is 2. The van der Waals surface area contributed by atoms with E-state index in [0.717, 1.165) is 5.69 Å². The van der Waals surface area contributed by atoms with E-state index in [1.165, 1.54) is 16.8 Å². The van der Waals surface area contributed by atoms with Gasteiger partial charge in [0.15, 0.2) is 17.3 Å². The number of aromatic nitrogens is 3. The largest absolute Gasteiger partial charge is 0.454 e. The third kappa shape index (κ3) is 5.47. The molecule has 1 fully saturated rings. The second-order valence-electron chi connectivity index (χ2n) is 10.1. The fourth-order valence-corrected chi connectivity index (χ4v) is 4.40. The van der Waals surface area contributed by atoms with E-state index in [1.807, 2.05) is 26.8 Å². The fraction of sp³-hybridized carbons (Fsp3) is 0.286. The predicted octanol–water partition coefficient (Wildman–Crippen LogP) is 4.51. The molecule has 2 aromatic carbocycles. The molecule has 0 unspecified atom stereocenters. The van der Waals surface area contributed by atoms with Gasteiger partial charge in [0.2, 0.25) is 0 Å². The van der Waals surface area contributed by atoms with Crippen LogP contribution >= 0.6 is 0 Å². The van der Waals surface area contributed by atoms with Gasteiger partial charge in [-0.05, 0) is 63.2 Å². The molecular formula is C28H29FN6O4. The lowest BCUT2D eigenvalue weighted by Gasteiger charge is -2.36. The molecule has 10 nitrogen and oxygen atoms in total. The number of primary amides is 1. The second-order valence-corrected chi connectivity index (χ2v) is 10.1. The van der Waals surface area contributed by atoms with Gasteiger partial charge < -0.3 is 25.0 Å². The Hall–Kier alpha value is -4.67. The van der Waals surface area contributed by atoms with Gasteiger partial charge in [-0.15, -0.1) is 0 Å². The van der Waals surface area contributed by atoms with Crippen LogP contribution in [0.3, 0.4) is 0 Å². The molecule has 3 heterocycles. The number of hydrogen-bond donors (Lipinski definition) is 1. The van der Waals surface area contributed by atoms with Crippen molar-refractivity contribution in [1.29, 1.82) is 0 Å². The number of amides is 2. The summed E-state index contributed by atoms with van der Waals surface area (Å²) in [6.45, 7) is 7.58. The first-order chi connectivity index (χ1) is 18.6. The highest BCUT2D eigenvalue weighted by Gasteiger charge is 2.28. The molecule has 11 heteroatoms. The van der Waals surface area contributed by atoms with E-state index in [-0.39, 0.29) is 17.5 Å². The van der Waals surface area contributed by atoms with Crippen LogP contribution in [0.1, 0.15) is 31.3 Å². The first-order valence-corrected chi connectivity index (χ1v) is 12.5. The summed E-state index contributed by atoms with van der Waals surface area (Å²) in [6.07, 6.45) is 1.27. The molecule has 0 bridgehead atoms. The monoisotopic (exact) mass is 532 g/mol. The van der Waals surface area contributed by atoms with Crippen molar-refractivity contribution in [2.45, 2.75) is 26.4 Å². The molecule has 1 aliphatic heterocycles. The summed E-state index contributed by atoms with van der Waals surface area (Å²) >= 11 is 0. The van der Waals surface area contributed by atoms with Crippen LogP contribution in [0, 0.1) is 5.82 Å². The minimum Gasteiger partial charge on any atom is -0.454 e. The minimum absolute atomic E-state index is 0.105. The number of hydrogen-bond acceptors (Lipinski definition) is 7. The van der Waals surface area contributed by atoms with E-state index in [0.29, 0.717) is 48.6 Å². The topological polar surface area (TPSA) is 116 Å². The molecule has 0 radical (unpaired) electrons. The molecule has 1 saturated heterocycles. The van der Waals surface area contributed by atoms with Crippen LogP contribution in [0.5, 0.6) is 11.5 Å². The molecule has 39 heavy (non-hydrogen) atoms. The lowest BCUT2D eigenvalue weighted by Crippen LogP contribution is -2.50. The zero-order valence-corrected chi connectivity index (χ0v) is 21.9. The highest BCUT2D eigenvalue weighted by molar-refractivity contribution is 6.06. The molecule has 1 aliphatic rings. The van der Waals surface area contributed by atoms with Gasteiger partial charge in [0.05, 0.1) is 11.4 Å². The number of nitrogens with two attached hydrogens (primary N) is 1. The van der Waals surface area contributed by atoms with Gasteiger partial charge in [-0.3, -0.25) is 9.78 Å². The van der Waals surface area contributed by atoms with Crippen LogP contribution in [0.15, 0.2) is 60.8 Å². The van der Waals surface area contributed by atoms with Gasteiger partial charge in [0.25, 0.3) is 5.91 Å². The second kappa shape index (κ2) is 10.2. The molecule has 202 valence electrons. The maximum atomic E-state index is 14.0. The first kappa shape index (κ1) is 26.0. The zero-order valence-electron chi connectivity index (χ0n) is 21.9. The number of halogens is 1. The number of piperazine rings is 1. The lowest BCUT2D eigenvalue weighted by atomic mass is 10.2. The van der Waals surface area contributed by atoms with Gasteiger partial charge in [-0.1, -0.05) is 12.1 Å². The van der Waals surface area contributed by atoms with E-state index in [9.17, 15) is 14.0 Å². The van der Waals surface area contributed by atoms with Crippen LogP contribution < -0.4 is 15.4 Å². The van der Waals surface area contributed by atoms with Crippen LogP contribution in [-0.4, -0.2) is 63.4 Å². The molecule has 0 spiro atoms. The number of anilines is 1. The Bertz CT molecular complexity index is 1520. The van der Waals surface area contributed by atoms with Crippen LogP contribution in [0.25, 0.3) is 16.7 Å². The van der Waals surface area contributed by atoms with E-state index in [1.54, 1.807) is 47.5 Å². The first-order valence-electron chi connectivity index (χ1n) is 12.5. The number of para-hydroxylation sites is 1. The molecule has 0 aliphatic carbocycles. The Morgan fingerprint density at radius 2 is 1.64 bits per heavy atom. The standard InChI is InChI=1S/C28H29FN6O4/c1-28(2,3)39-27(37)34-16-14-33(15-17-34)21-12-13-31-24-23(21)32-35(25(24)26(30)36)18-8-10-19(11-9-18)38-22-7-5-4-6-20(22)29/h4-13H,14-17H2,1-3H3,(H2,30,36). The van der Waals surface area contributed by atoms with Crippen molar-refractivity contribution >= 4 is 28.7 Å². The maximum Gasteiger partial charge on any atom is 0.410 e. The third-order valence-electron chi connectivity index (χ3n) is 6.19. The van der Waals surface area contributed by atoms with Crippen molar-refractivity contribution in [3.8, 4) is 17.2 Å². The highest BCUT2D eigenvalue weighted by Crippen LogP contribution is 2.30. The normalized spacial score (nSPS) is 13.9. The molecule has 5 rings (SSSR count). The number of ether oxygens (including phenoxy) is 2. The van der Waals surface area contributed by atoms with Gasteiger partial charge in [0, 0.05) is 32.4 Å². The lowest BCUT2D eigenvalue weighted by molar-refractivity contribution is 0.0240. The minimum atomic E-state index is -0.677. The Morgan fingerprint density at radius 1 is 0.949 bits per heavy atom. The molecule has 2 aromatic heterocycles. The van der Waals surface area contributed by atoms with Crippen LogP contribution in [-0.2, 0) is 4.74 Å². The van der Waals surface area contributed by atoms with Crippen molar-refractivity contribution < 1.29 is 23.5 Å². The zero-order chi connectivity index (χ0) is 27.7. The quantitative estimate of drug-likeness (QED) is 0.402. The maximum absolute atomic E-state index is 14.0. The summed E-state index contributed by atoms with van der Waals surface area (Å²) in [7, 11) is 0. The van der Waals surface area contributed by atoms with E-state index < -0.39 is 17.3 Å². The molecule has 4 aromatic rings. The molecule has 2 amide bonds. The van der Waals surface area contributed by atoms with E-state index in [2.05, 4.69) is 9.88 Å². The number of rotatable bonds is 5. The predicted molar refractivity (Wildman–Crippen MR) is 144 cm³/mol. The average molecular weight is 533 g/mol. The van der Waals surface area contributed by atoms with Gasteiger partial charge >= 0.3 is 6.09 Å². The van der Waals surface area contributed by atoms with Crippen LogP contribution in [0.4, 0.5) is 14.9 Å². The van der Waals surface area contributed by atoms with Gasteiger partial charge in [-0.2, -0.15) is 5.10 Å². The number of nitrogens with zero attached hydrogens (tertiary/aromatic N) is 5. The summed E-state index contributed by atoms with van der Waals surface area (Å²) < 4.78 is 26.6. The Morgan fingerprint density at radius 3 is 2.28 bits per heavy atom. The van der Waals surface area contributed by atoms with Crippen molar-refractivity contribution in [3.63, 3.8) is 0 Å². The van der Waals surface area contributed by atoms with Crippen molar-refractivity contribution in [2.24, 2.45) is 5.73 Å². The number of fused-ring (bicyclic) bond motifs is 1. The van der Waals surface area contributed by atoms with Crippen molar-refractivity contribution in [3.05, 3.63) is 72.3 Å². The summed E-state index contributed by atoms with van der Waals surface area (Å²) in [5, 5.41) is 4.72. The SMILES string of the molecule is CC(C)(C)OC(=O)N1CCN(c2ccnc3c(C(N)=O)n(-c4ccc(Oc5ccccc5F)cc4)nc23)CC1. The Kier molecular flexibility index (Phi) is 6.81. The Labute approximate surface area is 224 Å². The summed E-state index contributed by atoms with van der Waals surface area (Å²) in [4.78, 5) is 33.2. The van der Waals surface area contributed by atoms with E-state index in [4.69, 9.17) is 20.3 Å². The summed E-state index contributed by atoms with van der Waals surface area (Å²) in [6, 6.07) is 14.7. The molecule has 0 saturated carbocycles. The van der Waals surface area contributed by atoms with Crippen molar-refractivity contribution in [1.82, 2.24) is 19.7 Å². The number of carbonyl (C=O) groups excluding carboxylic acids is 2. The van der Waals surface area contributed by atoms with Gasteiger partial charge in [-0.25, -0.2) is 13.9 Å². The molecular weight excluding hydrogens is 503 g/mol. The average Bonchev–Trinajstić information content (AvgIpc) is 3.30. The summed E-state index contributed by atoms with van der Waals surface area (Å²) in [5.41, 5.74) is 7.57. The molecule has 2 N–H and O–H groups in total. The van der Waals surface area contributed by atoms with Crippen molar-refractivity contribution in [2.75, 3.05) is 31.1 Å². The summed E-state index contributed by atoms with van der Waals surface area (Å²) in [5.74, 6) is -0.624. The fourth-order valence-electron chi connectivity index (χ4n) is 4.40.